The molecule has 1 aliphatic rings. The number of methoxy groups -OCH3 is 1. The largest absolute Gasteiger partial charge is 0.486 e. The average Bonchev–Trinajstić information content (AvgIpc) is 2.85. The molecule has 0 amide bonds. The lowest BCUT2D eigenvalue weighted by atomic mass is 9.85. The van der Waals surface area contributed by atoms with Crippen LogP contribution in [0.2, 0.25) is 5.02 Å². The Morgan fingerprint density at radius 2 is 1.95 bits per heavy atom. The normalized spacial score (nSPS) is 16.9. The van der Waals surface area contributed by atoms with E-state index in [-0.39, 0.29) is 47.0 Å². The monoisotopic (exact) mass is 565 g/mol. The van der Waals surface area contributed by atoms with Gasteiger partial charge in [0.25, 0.3) is 10.0 Å². The molecule has 4 rings (SSSR count). The van der Waals surface area contributed by atoms with Crippen LogP contribution in [0.1, 0.15) is 18.9 Å². The Morgan fingerprint density at radius 1 is 1.21 bits per heavy atom. The number of carboxylic acid groups (broad SMARTS) is 1. The molecule has 0 aliphatic carbocycles. The van der Waals surface area contributed by atoms with E-state index in [0.29, 0.717) is 0 Å². The molecule has 11 heteroatoms. The zero-order valence-corrected chi connectivity index (χ0v) is 22.4. The van der Waals surface area contributed by atoms with Crippen molar-refractivity contribution >= 4 is 33.3 Å². The molecular weight excluding hydrogens is 540 g/mol. The molecule has 0 fully saturated rings. The van der Waals surface area contributed by atoms with Gasteiger partial charge < -0.3 is 14.6 Å². The van der Waals surface area contributed by atoms with Crippen molar-refractivity contribution < 1.29 is 36.6 Å². The lowest BCUT2D eigenvalue weighted by Crippen LogP contribution is -2.47. The molecule has 0 saturated heterocycles. The van der Waals surface area contributed by atoms with Gasteiger partial charge in [-0.05, 0) is 61.4 Å². The lowest BCUT2D eigenvalue weighted by Gasteiger charge is -2.38. The molecule has 0 spiro atoms. The summed E-state index contributed by atoms with van der Waals surface area (Å²) in [5.74, 6) is -2.58. The Hall–Kier alpha value is -3.21. The van der Waals surface area contributed by atoms with E-state index in [0.717, 1.165) is 22.0 Å². The van der Waals surface area contributed by atoms with Crippen molar-refractivity contribution in [3.8, 4) is 16.9 Å². The number of aliphatic carboxylic acids is 1. The van der Waals surface area contributed by atoms with Crippen molar-refractivity contribution in [2.24, 2.45) is 5.41 Å². The SMILES string of the molecule is COC[C@@](C)(C[C@H]1CN(S(=O)(=O)c2cccc(C)c2)c2cc(-c3cc(F)cc(Cl)c3F)ccc2O1)C(=O)O. The second-order valence-electron chi connectivity index (χ2n) is 9.53. The van der Waals surface area contributed by atoms with Crippen molar-refractivity contribution in [2.45, 2.75) is 31.3 Å². The summed E-state index contributed by atoms with van der Waals surface area (Å²) in [5.41, 5.74) is -0.490. The van der Waals surface area contributed by atoms with Crippen LogP contribution >= 0.6 is 11.6 Å². The first-order valence-corrected chi connectivity index (χ1v) is 13.4. The van der Waals surface area contributed by atoms with Crippen LogP contribution in [-0.2, 0) is 19.6 Å². The fraction of sp³-hybridized carbons (Fsp3) is 0.296. The van der Waals surface area contributed by atoms with E-state index in [1.807, 2.05) is 0 Å². The summed E-state index contributed by atoms with van der Waals surface area (Å²) in [5, 5.41) is 9.40. The van der Waals surface area contributed by atoms with Crippen LogP contribution in [0.4, 0.5) is 14.5 Å². The van der Waals surface area contributed by atoms with Crippen LogP contribution in [0.3, 0.4) is 0 Å². The molecule has 2 atom stereocenters. The lowest BCUT2D eigenvalue weighted by molar-refractivity contribution is -0.153. The number of hydrogen-bond donors (Lipinski definition) is 1. The van der Waals surface area contributed by atoms with Gasteiger partial charge in [0.05, 0.1) is 34.2 Å². The van der Waals surface area contributed by atoms with Gasteiger partial charge in [0, 0.05) is 19.1 Å². The van der Waals surface area contributed by atoms with Crippen LogP contribution < -0.4 is 9.04 Å². The molecule has 1 aliphatic heterocycles. The Kier molecular flexibility index (Phi) is 7.69. The molecule has 0 bridgehead atoms. The van der Waals surface area contributed by atoms with Crippen molar-refractivity contribution in [1.29, 1.82) is 0 Å². The summed E-state index contributed by atoms with van der Waals surface area (Å²) < 4.78 is 68.9. The summed E-state index contributed by atoms with van der Waals surface area (Å²) in [6, 6.07) is 12.4. The minimum absolute atomic E-state index is 0.0207. The quantitative estimate of drug-likeness (QED) is 0.353. The molecule has 1 N–H and O–H groups in total. The average molecular weight is 566 g/mol. The fourth-order valence-corrected chi connectivity index (χ4v) is 6.32. The highest BCUT2D eigenvalue weighted by molar-refractivity contribution is 7.92. The molecule has 202 valence electrons. The number of ether oxygens (including phenoxy) is 2. The van der Waals surface area contributed by atoms with Crippen molar-refractivity contribution in [3.05, 3.63) is 76.8 Å². The van der Waals surface area contributed by atoms with Gasteiger partial charge >= 0.3 is 5.97 Å². The topological polar surface area (TPSA) is 93.1 Å². The number of halogens is 3. The number of carboxylic acids is 1. The maximum Gasteiger partial charge on any atom is 0.311 e. The summed E-state index contributed by atoms with van der Waals surface area (Å²) in [7, 11) is -2.78. The molecule has 1 heterocycles. The van der Waals surface area contributed by atoms with E-state index in [4.69, 9.17) is 21.1 Å². The van der Waals surface area contributed by atoms with Crippen molar-refractivity contribution in [3.63, 3.8) is 0 Å². The zero-order chi connectivity index (χ0) is 27.8. The number of benzene rings is 3. The maximum absolute atomic E-state index is 14.8. The Morgan fingerprint density at radius 3 is 2.61 bits per heavy atom. The molecule has 3 aromatic carbocycles. The summed E-state index contributed by atoms with van der Waals surface area (Å²) in [6.07, 6.45) is -0.893. The number of sulfonamides is 1. The first-order valence-electron chi connectivity index (χ1n) is 11.6. The van der Waals surface area contributed by atoms with E-state index < -0.39 is 44.2 Å². The second kappa shape index (κ2) is 10.5. The number of fused-ring (bicyclic) bond motifs is 1. The standard InChI is InChI=1S/C27H26ClF2NO6S/c1-16-5-4-6-20(9-16)38(34,35)31-14-19(13-27(2,15-36-3)26(32)33)37-24-8-7-17(10-23(24)31)21-11-18(29)12-22(28)25(21)30/h4-12,19H,13-15H2,1-3H3,(H,32,33)/t19-,27+/m0/s1. The minimum Gasteiger partial charge on any atom is -0.486 e. The molecule has 0 aromatic heterocycles. The van der Waals surface area contributed by atoms with Gasteiger partial charge in [-0.3, -0.25) is 9.10 Å². The second-order valence-corrected chi connectivity index (χ2v) is 11.8. The number of rotatable bonds is 8. The minimum atomic E-state index is -4.16. The van der Waals surface area contributed by atoms with Gasteiger partial charge in [0.15, 0.2) is 0 Å². The third kappa shape index (κ3) is 5.34. The smallest absolute Gasteiger partial charge is 0.311 e. The van der Waals surface area contributed by atoms with Crippen LogP contribution in [0, 0.1) is 24.0 Å². The molecule has 0 saturated carbocycles. The highest BCUT2D eigenvalue weighted by Crippen LogP contribution is 2.42. The van der Waals surface area contributed by atoms with Crippen LogP contribution in [0.5, 0.6) is 5.75 Å². The van der Waals surface area contributed by atoms with Crippen molar-refractivity contribution in [1.82, 2.24) is 0 Å². The number of carbonyl (C=O) groups is 1. The molecule has 38 heavy (non-hydrogen) atoms. The van der Waals surface area contributed by atoms with Crippen LogP contribution in [-0.4, -0.2) is 45.9 Å². The molecular formula is C27H26ClF2NO6S. The molecule has 0 unspecified atom stereocenters. The fourth-order valence-electron chi connectivity index (χ4n) is 4.51. The van der Waals surface area contributed by atoms with Gasteiger partial charge in [-0.15, -0.1) is 0 Å². The highest BCUT2D eigenvalue weighted by atomic mass is 35.5. The van der Waals surface area contributed by atoms with E-state index in [9.17, 15) is 27.1 Å². The summed E-state index contributed by atoms with van der Waals surface area (Å²) in [4.78, 5) is 12.0. The van der Waals surface area contributed by atoms with Crippen LogP contribution in [0.15, 0.2) is 59.5 Å². The first-order chi connectivity index (χ1) is 17.9. The number of aryl methyl sites for hydroxylation is 1. The van der Waals surface area contributed by atoms with Gasteiger partial charge in [-0.25, -0.2) is 17.2 Å². The van der Waals surface area contributed by atoms with Crippen LogP contribution in [0.25, 0.3) is 11.1 Å². The third-order valence-electron chi connectivity index (χ3n) is 6.43. The molecule has 3 aromatic rings. The van der Waals surface area contributed by atoms with Crippen molar-refractivity contribution in [2.75, 3.05) is 24.6 Å². The van der Waals surface area contributed by atoms with Gasteiger partial charge in [-0.2, -0.15) is 0 Å². The maximum atomic E-state index is 14.8. The van der Waals surface area contributed by atoms with Gasteiger partial charge in [0.2, 0.25) is 0 Å². The highest BCUT2D eigenvalue weighted by Gasteiger charge is 2.42. The van der Waals surface area contributed by atoms with Gasteiger partial charge in [0.1, 0.15) is 23.5 Å². The predicted molar refractivity (Wildman–Crippen MR) is 139 cm³/mol. The Bertz CT molecular complexity index is 1500. The molecule has 7 nitrogen and oxygen atoms in total. The first kappa shape index (κ1) is 27.8. The number of nitrogens with zero attached hydrogens (tertiary/aromatic N) is 1. The van der Waals surface area contributed by atoms with Gasteiger partial charge in [-0.1, -0.05) is 29.8 Å². The van der Waals surface area contributed by atoms with E-state index in [2.05, 4.69) is 0 Å². The van der Waals surface area contributed by atoms with E-state index in [1.54, 1.807) is 19.1 Å². The Balaban J connectivity index is 1.85. The summed E-state index contributed by atoms with van der Waals surface area (Å²) >= 11 is 5.84. The predicted octanol–water partition coefficient (Wildman–Crippen LogP) is 5.68. The zero-order valence-electron chi connectivity index (χ0n) is 20.9. The summed E-state index contributed by atoms with van der Waals surface area (Å²) in [6.45, 7) is 2.92. The van der Waals surface area contributed by atoms with E-state index in [1.165, 1.54) is 44.4 Å². The molecule has 0 radical (unpaired) electrons. The third-order valence-corrected chi connectivity index (χ3v) is 8.48. The van der Waals surface area contributed by atoms with E-state index >= 15 is 0 Å². The Labute approximate surface area is 224 Å². The number of hydrogen-bond acceptors (Lipinski definition) is 5. The number of anilines is 1.